The van der Waals surface area contributed by atoms with Crippen LogP contribution in [-0.4, -0.2) is 27.5 Å². The van der Waals surface area contributed by atoms with Crippen LogP contribution in [0.1, 0.15) is 43.7 Å². The van der Waals surface area contributed by atoms with Gasteiger partial charge < -0.3 is 9.42 Å². The number of halogens is 1. The van der Waals surface area contributed by atoms with Crippen molar-refractivity contribution in [3.05, 3.63) is 71.1 Å². The molecule has 1 atom stereocenters. The Morgan fingerprint density at radius 3 is 2.69 bits per heavy atom. The number of aromatic nitrogens is 2. The Hall–Kier alpha value is -2.66. The fourth-order valence-corrected chi connectivity index (χ4v) is 3.80. The highest BCUT2D eigenvalue weighted by molar-refractivity contribution is 6.30. The molecule has 2 aromatic carbocycles. The van der Waals surface area contributed by atoms with Crippen molar-refractivity contribution in [3.8, 4) is 11.4 Å². The maximum Gasteiger partial charge on any atom is 0.228 e. The van der Waals surface area contributed by atoms with Crippen LogP contribution < -0.4 is 0 Å². The van der Waals surface area contributed by atoms with E-state index in [0.29, 0.717) is 29.7 Å². The first-order chi connectivity index (χ1) is 14.1. The van der Waals surface area contributed by atoms with Crippen molar-refractivity contribution in [1.82, 2.24) is 15.0 Å². The summed E-state index contributed by atoms with van der Waals surface area (Å²) >= 11 is 6.05. The number of amides is 1. The summed E-state index contributed by atoms with van der Waals surface area (Å²) in [5.41, 5.74) is 1.94. The first-order valence-corrected chi connectivity index (χ1v) is 10.4. The third-order valence-corrected chi connectivity index (χ3v) is 5.84. The summed E-state index contributed by atoms with van der Waals surface area (Å²) in [6.07, 6.45) is 3.62. The lowest BCUT2D eigenvalue weighted by molar-refractivity contribution is -0.140. The first-order valence-electron chi connectivity index (χ1n) is 10.1. The summed E-state index contributed by atoms with van der Waals surface area (Å²) in [5.74, 6) is 1.40. The first kappa shape index (κ1) is 19.6. The average molecular weight is 410 g/mol. The summed E-state index contributed by atoms with van der Waals surface area (Å²) in [5, 5.41) is 4.70. The highest BCUT2D eigenvalue weighted by Crippen LogP contribution is 2.32. The molecule has 6 heteroatoms. The van der Waals surface area contributed by atoms with Crippen LogP contribution in [0.5, 0.6) is 0 Å². The Labute approximate surface area is 175 Å². The molecule has 1 aliphatic carbocycles. The fraction of sp³-hybridized carbons (Fsp3) is 0.348. The summed E-state index contributed by atoms with van der Waals surface area (Å²) in [7, 11) is 0. The second-order valence-corrected chi connectivity index (χ2v) is 7.95. The Morgan fingerprint density at radius 2 is 2.00 bits per heavy atom. The Kier molecular flexibility index (Phi) is 5.95. The van der Waals surface area contributed by atoms with Gasteiger partial charge in [-0.15, -0.1) is 0 Å². The van der Waals surface area contributed by atoms with E-state index < -0.39 is 0 Å². The number of rotatable bonds is 7. The number of carbonyl (C=O) groups is 1. The van der Waals surface area contributed by atoms with Crippen LogP contribution in [0.3, 0.4) is 0 Å². The van der Waals surface area contributed by atoms with Gasteiger partial charge in [-0.2, -0.15) is 4.98 Å². The van der Waals surface area contributed by atoms with E-state index in [1.165, 1.54) is 0 Å². The van der Waals surface area contributed by atoms with Gasteiger partial charge in [0.15, 0.2) is 0 Å². The van der Waals surface area contributed by atoms with Crippen molar-refractivity contribution in [3.63, 3.8) is 0 Å². The number of carbonyl (C=O) groups excluding carboxylic acids is 1. The normalized spacial score (nSPS) is 15.0. The van der Waals surface area contributed by atoms with Gasteiger partial charge >= 0.3 is 0 Å². The molecule has 0 aliphatic heterocycles. The van der Waals surface area contributed by atoms with Crippen LogP contribution in [0.2, 0.25) is 5.02 Å². The van der Waals surface area contributed by atoms with E-state index in [9.17, 15) is 4.79 Å². The van der Waals surface area contributed by atoms with Gasteiger partial charge in [-0.05, 0) is 37.5 Å². The molecule has 1 aromatic heterocycles. The van der Waals surface area contributed by atoms with Gasteiger partial charge in [0.05, 0.1) is 6.04 Å². The highest BCUT2D eigenvalue weighted by atomic mass is 35.5. The predicted octanol–water partition coefficient (Wildman–Crippen LogP) is 5.32. The zero-order valence-corrected chi connectivity index (χ0v) is 17.2. The molecule has 0 radical (unpaired) electrons. The minimum atomic E-state index is -0.000350. The molecule has 150 valence electrons. The van der Waals surface area contributed by atoms with Gasteiger partial charge in [-0.25, -0.2) is 0 Å². The maximum atomic E-state index is 13.1. The minimum Gasteiger partial charge on any atom is -0.339 e. The van der Waals surface area contributed by atoms with Crippen molar-refractivity contribution in [2.75, 3.05) is 6.54 Å². The van der Waals surface area contributed by atoms with Crippen molar-refractivity contribution < 1.29 is 9.32 Å². The van der Waals surface area contributed by atoms with Crippen LogP contribution in [0.25, 0.3) is 11.4 Å². The molecule has 1 heterocycles. The standard InChI is InChI=1S/C23H24ClN3O2/c1-16(17-7-3-2-4-8-17)27(23(28)18-9-5-10-18)14-13-21-25-22(26-29-21)19-11-6-12-20(24)15-19/h2-4,6-8,11-12,15-16,18H,5,9-10,13-14H2,1H3. The van der Waals surface area contributed by atoms with Crippen LogP contribution >= 0.6 is 11.6 Å². The third kappa shape index (κ3) is 4.51. The van der Waals surface area contributed by atoms with E-state index in [4.69, 9.17) is 16.1 Å². The summed E-state index contributed by atoms with van der Waals surface area (Å²) in [4.78, 5) is 19.5. The van der Waals surface area contributed by atoms with Crippen molar-refractivity contribution in [2.45, 2.75) is 38.6 Å². The zero-order valence-electron chi connectivity index (χ0n) is 16.4. The van der Waals surface area contributed by atoms with E-state index >= 15 is 0 Å². The molecule has 4 rings (SSSR count). The largest absolute Gasteiger partial charge is 0.339 e. The van der Waals surface area contributed by atoms with Crippen LogP contribution in [0.15, 0.2) is 59.1 Å². The highest BCUT2D eigenvalue weighted by Gasteiger charge is 2.32. The van der Waals surface area contributed by atoms with E-state index in [-0.39, 0.29) is 17.9 Å². The molecule has 1 aliphatic rings. The van der Waals surface area contributed by atoms with E-state index in [2.05, 4.69) is 29.2 Å². The molecule has 0 spiro atoms. The number of benzene rings is 2. The molecule has 3 aromatic rings. The second kappa shape index (κ2) is 8.78. The fourth-order valence-electron chi connectivity index (χ4n) is 3.61. The Morgan fingerprint density at radius 1 is 1.21 bits per heavy atom. The lowest BCUT2D eigenvalue weighted by Gasteiger charge is -2.35. The number of nitrogens with zero attached hydrogens (tertiary/aromatic N) is 3. The SMILES string of the molecule is CC(c1ccccc1)N(CCc1nc(-c2cccc(Cl)c2)no1)C(=O)C1CCC1. The van der Waals surface area contributed by atoms with Crippen molar-refractivity contribution in [1.29, 1.82) is 0 Å². The van der Waals surface area contributed by atoms with Gasteiger partial charge in [0, 0.05) is 29.5 Å². The van der Waals surface area contributed by atoms with Gasteiger partial charge in [0.1, 0.15) is 0 Å². The van der Waals surface area contributed by atoms with Gasteiger partial charge in [-0.1, -0.05) is 65.6 Å². The molecule has 5 nitrogen and oxygen atoms in total. The molecule has 1 fully saturated rings. The predicted molar refractivity (Wildman–Crippen MR) is 112 cm³/mol. The molecule has 1 saturated carbocycles. The third-order valence-electron chi connectivity index (χ3n) is 5.60. The zero-order chi connectivity index (χ0) is 20.2. The molecule has 1 unspecified atom stereocenters. The topological polar surface area (TPSA) is 59.2 Å². The van der Waals surface area contributed by atoms with Crippen LogP contribution in [0.4, 0.5) is 0 Å². The molecule has 0 N–H and O–H groups in total. The van der Waals surface area contributed by atoms with E-state index in [1.54, 1.807) is 12.1 Å². The van der Waals surface area contributed by atoms with Crippen LogP contribution in [-0.2, 0) is 11.2 Å². The smallest absolute Gasteiger partial charge is 0.228 e. The lowest BCUT2D eigenvalue weighted by atomic mass is 9.84. The van der Waals surface area contributed by atoms with Gasteiger partial charge in [-0.3, -0.25) is 4.79 Å². The lowest BCUT2D eigenvalue weighted by Crippen LogP contribution is -2.41. The average Bonchev–Trinajstić information content (AvgIpc) is 3.16. The Balaban J connectivity index is 1.49. The molecule has 0 saturated heterocycles. The maximum absolute atomic E-state index is 13.1. The monoisotopic (exact) mass is 409 g/mol. The molecular formula is C23H24ClN3O2. The Bertz CT molecular complexity index is 969. The van der Waals surface area contributed by atoms with Crippen LogP contribution in [0, 0.1) is 5.92 Å². The summed E-state index contributed by atoms with van der Waals surface area (Å²) < 4.78 is 5.43. The van der Waals surface area contributed by atoms with E-state index in [1.807, 2.05) is 35.2 Å². The summed E-state index contributed by atoms with van der Waals surface area (Å²) in [6.45, 7) is 2.62. The number of hydrogen-bond donors (Lipinski definition) is 0. The molecule has 29 heavy (non-hydrogen) atoms. The molecular weight excluding hydrogens is 386 g/mol. The minimum absolute atomic E-state index is 0.000350. The van der Waals surface area contributed by atoms with Gasteiger partial charge in [0.2, 0.25) is 17.6 Å². The quantitative estimate of drug-likeness (QED) is 0.529. The molecule has 1 amide bonds. The second-order valence-electron chi connectivity index (χ2n) is 7.52. The van der Waals surface area contributed by atoms with Gasteiger partial charge in [0.25, 0.3) is 0 Å². The van der Waals surface area contributed by atoms with E-state index in [0.717, 1.165) is 30.4 Å². The van der Waals surface area contributed by atoms with Crippen molar-refractivity contribution >= 4 is 17.5 Å². The van der Waals surface area contributed by atoms with Crippen molar-refractivity contribution in [2.24, 2.45) is 5.92 Å². The number of hydrogen-bond acceptors (Lipinski definition) is 4. The molecule has 0 bridgehead atoms. The summed E-state index contributed by atoms with van der Waals surface area (Å²) in [6, 6.07) is 17.5.